The van der Waals surface area contributed by atoms with Crippen LogP contribution in [-0.2, 0) is 14.2 Å². The zero-order chi connectivity index (χ0) is 13.9. The molecule has 110 valence electrons. The molecule has 0 aromatic heterocycles. The number of carbonyl (C=O) groups is 1. The number of carbonyl (C=O) groups excluding carboxylic acids is 1. The summed E-state index contributed by atoms with van der Waals surface area (Å²) in [5.41, 5.74) is 5.13. The van der Waals surface area contributed by atoms with E-state index in [1.54, 1.807) is 0 Å². The molecule has 0 atom stereocenters. The molecule has 19 heavy (non-hydrogen) atoms. The van der Waals surface area contributed by atoms with Crippen LogP contribution in [-0.4, -0.2) is 36.7 Å². The van der Waals surface area contributed by atoms with E-state index in [0.717, 1.165) is 25.7 Å². The molecule has 0 aromatic carbocycles. The van der Waals surface area contributed by atoms with Crippen molar-refractivity contribution in [1.82, 2.24) is 10.9 Å². The van der Waals surface area contributed by atoms with Crippen LogP contribution < -0.4 is 10.9 Å². The monoisotopic (exact) mass is 272 g/mol. The highest BCUT2D eigenvalue weighted by molar-refractivity contribution is 5.67. The molecule has 0 unspecified atom stereocenters. The number of hydrogen-bond acceptors (Lipinski definition) is 5. The molecule has 1 saturated carbocycles. The smallest absolute Gasteiger partial charge is 0.422 e. The van der Waals surface area contributed by atoms with Crippen LogP contribution in [0.1, 0.15) is 46.5 Å². The van der Waals surface area contributed by atoms with Crippen LogP contribution in [0.5, 0.6) is 0 Å². The Balaban J connectivity index is 1.67. The summed E-state index contributed by atoms with van der Waals surface area (Å²) in [4.78, 5) is 11.5. The lowest BCUT2D eigenvalue weighted by Gasteiger charge is -2.35. The third-order valence-electron chi connectivity index (χ3n) is 3.34. The topological polar surface area (TPSA) is 68.8 Å². The molecule has 1 aliphatic heterocycles. The third-order valence-corrected chi connectivity index (χ3v) is 3.34. The van der Waals surface area contributed by atoms with Crippen molar-refractivity contribution in [3.05, 3.63) is 0 Å². The predicted molar refractivity (Wildman–Crippen MR) is 69.4 cm³/mol. The molecule has 1 heterocycles. The van der Waals surface area contributed by atoms with Gasteiger partial charge in [-0.2, -0.15) is 0 Å². The minimum atomic E-state index is -0.478. The Labute approximate surface area is 114 Å². The van der Waals surface area contributed by atoms with E-state index in [4.69, 9.17) is 14.2 Å². The van der Waals surface area contributed by atoms with Gasteiger partial charge in [0.05, 0.1) is 13.2 Å². The summed E-state index contributed by atoms with van der Waals surface area (Å²) in [6.45, 7) is 6.89. The molecular weight excluding hydrogens is 248 g/mol. The van der Waals surface area contributed by atoms with Crippen molar-refractivity contribution in [3.8, 4) is 0 Å². The van der Waals surface area contributed by atoms with Gasteiger partial charge in [0.1, 0.15) is 5.60 Å². The molecule has 1 aliphatic carbocycles. The van der Waals surface area contributed by atoms with Crippen LogP contribution in [0.15, 0.2) is 0 Å². The van der Waals surface area contributed by atoms with E-state index >= 15 is 0 Å². The summed E-state index contributed by atoms with van der Waals surface area (Å²) in [7, 11) is 0. The Morgan fingerprint density at radius 3 is 2.32 bits per heavy atom. The molecule has 2 N–H and O–H groups in total. The van der Waals surface area contributed by atoms with E-state index in [9.17, 15) is 4.79 Å². The fourth-order valence-electron chi connectivity index (χ4n) is 2.45. The van der Waals surface area contributed by atoms with Gasteiger partial charge < -0.3 is 14.2 Å². The van der Waals surface area contributed by atoms with Gasteiger partial charge in [-0.1, -0.05) is 0 Å². The molecule has 1 amide bonds. The second-order valence-electron chi connectivity index (χ2n) is 6.15. The predicted octanol–water partition coefficient (Wildman–Crippen LogP) is 1.70. The SMILES string of the molecule is CC(C)(C)OC(=O)NNC1CCC2(CC1)OCCO2. The van der Waals surface area contributed by atoms with E-state index < -0.39 is 11.7 Å². The van der Waals surface area contributed by atoms with E-state index in [-0.39, 0.29) is 11.8 Å². The number of hydrazine groups is 1. The third kappa shape index (κ3) is 4.33. The largest absolute Gasteiger partial charge is 0.443 e. The van der Waals surface area contributed by atoms with E-state index in [2.05, 4.69) is 10.9 Å². The van der Waals surface area contributed by atoms with Crippen molar-refractivity contribution in [2.45, 2.75) is 63.9 Å². The summed E-state index contributed by atoms with van der Waals surface area (Å²) in [5, 5.41) is 0. The fourth-order valence-corrected chi connectivity index (χ4v) is 2.45. The minimum Gasteiger partial charge on any atom is -0.443 e. The van der Waals surface area contributed by atoms with Gasteiger partial charge >= 0.3 is 6.09 Å². The average Bonchev–Trinajstić information content (AvgIpc) is 2.75. The number of amides is 1. The maximum absolute atomic E-state index is 11.5. The molecule has 1 saturated heterocycles. The lowest BCUT2D eigenvalue weighted by Crippen LogP contribution is -2.49. The minimum absolute atomic E-state index is 0.242. The summed E-state index contributed by atoms with van der Waals surface area (Å²) >= 11 is 0. The normalized spacial score (nSPS) is 23.5. The van der Waals surface area contributed by atoms with Gasteiger partial charge in [0.15, 0.2) is 5.79 Å². The Kier molecular flexibility index (Phi) is 4.32. The zero-order valence-corrected chi connectivity index (χ0v) is 12.0. The molecule has 6 nitrogen and oxygen atoms in total. The quantitative estimate of drug-likeness (QED) is 0.749. The maximum atomic E-state index is 11.5. The average molecular weight is 272 g/mol. The van der Waals surface area contributed by atoms with Crippen LogP contribution in [0.2, 0.25) is 0 Å². The molecule has 6 heteroatoms. The standard InChI is InChI=1S/C13H24N2O4/c1-12(2,3)19-11(16)15-14-10-4-6-13(7-5-10)17-8-9-18-13/h10,14H,4-9H2,1-3H3,(H,15,16). The lowest BCUT2D eigenvalue weighted by molar-refractivity contribution is -0.179. The van der Waals surface area contributed by atoms with Gasteiger partial charge in [0.2, 0.25) is 0 Å². The summed E-state index contributed by atoms with van der Waals surface area (Å²) in [5.74, 6) is -0.357. The first-order chi connectivity index (χ1) is 8.89. The van der Waals surface area contributed by atoms with Gasteiger partial charge in [-0.15, -0.1) is 0 Å². The van der Waals surface area contributed by atoms with Crippen molar-refractivity contribution in [1.29, 1.82) is 0 Å². The Bertz CT molecular complexity index is 311. The molecular formula is C13H24N2O4. The van der Waals surface area contributed by atoms with E-state index in [0.29, 0.717) is 13.2 Å². The molecule has 2 fully saturated rings. The fraction of sp³-hybridized carbons (Fsp3) is 0.923. The van der Waals surface area contributed by atoms with E-state index in [1.807, 2.05) is 20.8 Å². The zero-order valence-electron chi connectivity index (χ0n) is 12.0. The molecule has 2 rings (SSSR count). The van der Waals surface area contributed by atoms with Gasteiger partial charge in [-0.25, -0.2) is 10.2 Å². The maximum Gasteiger partial charge on any atom is 0.422 e. The lowest BCUT2D eigenvalue weighted by atomic mass is 9.90. The van der Waals surface area contributed by atoms with E-state index in [1.165, 1.54) is 0 Å². The van der Waals surface area contributed by atoms with Crippen molar-refractivity contribution >= 4 is 6.09 Å². The summed E-state index contributed by atoms with van der Waals surface area (Å²) in [6.07, 6.45) is 3.11. The first-order valence-corrected chi connectivity index (χ1v) is 6.91. The molecule has 0 bridgehead atoms. The number of ether oxygens (including phenoxy) is 3. The van der Waals surface area contributed by atoms with Crippen molar-refractivity contribution in [2.24, 2.45) is 0 Å². The summed E-state index contributed by atoms with van der Waals surface area (Å²) < 4.78 is 16.5. The summed E-state index contributed by atoms with van der Waals surface area (Å²) in [6, 6.07) is 0.242. The second-order valence-corrected chi connectivity index (χ2v) is 6.15. The van der Waals surface area contributed by atoms with Crippen LogP contribution in [0, 0.1) is 0 Å². The van der Waals surface area contributed by atoms with Crippen LogP contribution >= 0.6 is 0 Å². The molecule has 0 radical (unpaired) electrons. The molecule has 2 aliphatic rings. The Hall–Kier alpha value is -0.850. The van der Waals surface area contributed by atoms with Gasteiger partial charge in [-0.05, 0) is 33.6 Å². The van der Waals surface area contributed by atoms with Crippen molar-refractivity contribution in [3.63, 3.8) is 0 Å². The first-order valence-electron chi connectivity index (χ1n) is 6.91. The van der Waals surface area contributed by atoms with Crippen LogP contribution in [0.25, 0.3) is 0 Å². The highest BCUT2D eigenvalue weighted by Crippen LogP contribution is 2.35. The number of hydrogen-bond donors (Lipinski definition) is 2. The Morgan fingerprint density at radius 1 is 1.21 bits per heavy atom. The Morgan fingerprint density at radius 2 is 1.79 bits per heavy atom. The van der Waals surface area contributed by atoms with Crippen molar-refractivity contribution < 1.29 is 19.0 Å². The van der Waals surface area contributed by atoms with Gasteiger partial charge in [0.25, 0.3) is 0 Å². The van der Waals surface area contributed by atoms with Crippen LogP contribution in [0.4, 0.5) is 4.79 Å². The highest BCUT2D eigenvalue weighted by Gasteiger charge is 2.40. The molecule has 1 spiro atoms. The van der Waals surface area contributed by atoms with Gasteiger partial charge in [0, 0.05) is 18.9 Å². The number of nitrogens with one attached hydrogen (secondary N) is 2. The van der Waals surface area contributed by atoms with Gasteiger partial charge in [-0.3, -0.25) is 5.43 Å². The second kappa shape index (κ2) is 5.64. The highest BCUT2D eigenvalue weighted by atomic mass is 16.7. The first kappa shape index (κ1) is 14.6. The molecule has 0 aromatic rings. The number of rotatable bonds is 2. The van der Waals surface area contributed by atoms with Crippen molar-refractivity contribution in [2.75, 3.05) is 13.2 Å². The van der Waals surface area contributed by atoms with Crippen LogP contribution in [0.3, 0.4) is 0 Å².